The van der Waals surface area contributed by atoms with Gasteiger partial charge in [0.2, 0.25) is 11.0 Å². The molecule has 1 N–H and O–H groups in total. The van der Waals surface area contributed by atoms with Gasteiger partial charge in [-0.1, -0.05) is 44.2 Å². The highest BCUT2D eigenvalue weighted by Gasteiger charge is 2.32. The fraction of sp³-hybridized carbons (Fsp3) is 0.500. The third-order valence-corrected chi connectivity index (χ3v) is 4.94. The predicted octanol–water partition coefficient (Wildman–Crippen LogP) is 2.87. The second kappa shape index (κ2) is 7.75. The summed E-state index contributed by atoms with van der Waals surface area (Å²) in [6.45, 7) is 5.80. The van der Waals surface area contributed by atoms with E-state index in [2.05, 4.69) is 45.6 Å². The fourth-order valence-electron chi connectivity index (χ4n) is 2.90. The van der Waals surface area contributed by atoms with Gasteiger partial charge in [-0.2, -0.15) is 4.37 Å². The molecule has 0 bridgehead atoms. The van der Waals surface area contributed by atoms with Crippen LogP contribution in [0.3, 0.4) is 0 Å². The van der Waals surface area contributed by atoms with Gasteiger partial charge in [-0.05, 0) is 24.3 Å². The molecule has 5 nitrogen and oxygen atoms in total. The van der Waals surface area contributed by atoms with Gasteiger partial charge in [0.1, 0.15) is 11.9 Å². The molecule has 2 heterocycles. The van der Waals surface area contributed by atoms with Crippen molar-refractivity contribution in [2.75, 3.05) is 18.0 Å². The molecule has 6 heteroatoms. The van der Waals surface area contributed by atoms with Gasteiger partial charge in [0.15, 0.2) is 0 Å². The van der Waals surface area contributed by atoms with Gasteiger partial charge < -0.3 is 10.2 Å². The standard InChI is InChI=1S/C18H24N4OS/c1-13(2)12-19-17(23)15-9-6-10-22(15)18-20-16(21-24-18)11-14-7-4-3-5-8-14/h3-5,7-8,13,15H,6,9-12H2,1-2H3,(H,19,23)/t15-/m1/s1. The molecule has 1 aliphatic heterocycles. The summed E-state index contributed by atoms with van der Waals surface area (Å²) in [4.78, 5) is 19.2. The molecule has 0 radical (unpaired) electrons. The van der Waals surface area contributed by atoms with E-state index in [0.29, 0.717) is 5.92 Å². The van der Waals surface area contributed by atoms with E-state index in [1.165, 1.54) is 17.1 Å². The quantitative estimate of drug-likeness (QED) is 0.875. The number of nitrogens with zero attached hydrogens (tertiary/aromatic N) is 3. The van der Waals surface area contributed by atoms with Gasteiger partial charge in [-0.25, -0.2) is 4.98 Å². The van der Waals surface area contributed by atoms with Gasteiger partial charge >= 0.3 is 0 Å². The number of rotatable bonds is 6. The number of anilines is 1. The number of aromatic nitrogens is 2. The molecular formula is C18H24N4OS. The molecule has 0 unspecified atom stereocenters. The van der Waals surface area contributed by atoms with Crippen molar-refractivity contribution in [3.63, 3.8) is 0 Å². The smallest absolute Gasteiger partial charge is 0.242 e. The Labute approximate surface area is 147 Å². The number of benzene rings is 1. The van der Waals surface area contributed by atoms with Crippen LogP contribution in [0.25, 0.3) is 0 Å². The Bertz CT molecular complexity index is 671. The van der Waals surface area contributed by atoms with Crippen molar-refractivity contribution in [1.82, 2.24) is 14.7 Å². The molecule has 0 saturated carbocycles. The normalized spacial score (nSPS) is 17.5. The monoisotopic (exact) mass is 344 g/mol. The zero-order valence-electron chi connectivity index (χ0n) is 14.2. The molecule has 2 aromatic rings. The number of amides is 1. The Kier molecular flexibility index (Phi) is 5.45. The van der Waals surface area contributed by atoms with E-state index in [0.717, 1.165) is 43.3 Å². The van der Waals surface area contributed by atoms with Crippen molar-refractivity contribution in [3.8, 4) is 0 Å². The summed E-state index contributed by atoms with van der Waals surface area (Å²) in [7, 11) is 0. The van der Waals surface area contributed by atoms with Crippen LogP contribution in [0.5, 0.6) is 0 Å². The largest absolute Gasteiger partial charge is 0.354 e. The number of carbonyl (C=O) groups excluding carboxylic acids is 1. The predicted molar refractivity (Wildman–Crippen MR) is 97.4 cm³/mol. The molecule has 1 saturated heterocycles. The highest BCUT2D eigenvalue weighted by molar-refractivity contribution is 7.09. The van der Waals surface area contributed by atoms with Crippen molar-refractivity contribution in [2.45, 2.75) is 39.2 Å². The Balaban J connectivity index is 1.66. The highest BCUT2D eigenvalue weighted by Crippen LogP contribution is 2.27. The van der Waals surface area contributed by atoms with Crippen LogP contribution in [-0.2, 0) is 11.2 Å². The van der Waals surface area contributed by atoms with Crippen molar-refractivity contribution >= 4 is 22.6 Å². The fourth-order valence-corrected chi connectivity index (χ4v) is 3.66. The van der Waals surface area contributed by atoms with Crippen LogP contribution >= 0.6 is 11.5 Å². The number of hydrogen-bond donors (Lipinski definition) is 1. The molecule has 0 spiro atoms. The minimum Gasteiger partial charge on any atom is -0.354 e. The summed E-state index contributed by atoms with van der Waals surface area (Å²) in [6.07, 6.45) is 2.64. The minimum absolute atomic E-state index is 0.110. The first-order valence-corrected chi connectivity index (χ1v) is 9.31. The summed E-state index contributed by atoms with van der Waals surface area (Å²) in [5, 5.41) is 3.91. The van der Waals surface area contributed by atoms with Crippen molar-refractivity contribution in [1.29, 1.82) is 0 Å². The second-order valence-corrected chi connectivity index (χ2v) is 7.38. The third kappa shape index (κ3) is 4.12. The SMILES string of the molecule is CC(C)CNC(=O)[C@H]1CCCN1c1nc(Cc2ccccc2)ns1. The molecule has 128 valence electrons. The average Bonchev–Trinajstić information content (AvgIpc) is 3.22. The summed E-state index contributed by atoms with van der Waals surface area (Å²) in [6, 6.07) is 10.1. The average molecular weight is 344 g/mol. The zero-order valence-corrected chi connectivity index (χ0v) is 15.1. The minimum atomic E-state index is -0.110. The van der Waals surface area contributed by atoms with Crippen LogP contribution in [0, 0.1) is 5.92 Å². The van der Waals surface area contributed by atoms with Crippen LogP contribution in [0.4, 0.5) is 5.13 Å². The Hall–Kier alpha value is -1.95. The molecule has 0 aliphatic carbocycles. The topological polar surface area (TPSA) is 58.1 Å². The first kappa shape index (κ1) is 16.9. The van der Waals surface area contributed by atoms with Crippen LogP contribution in [0.1, 0.15) is 38.1 Å². The maximum atomic E-state index is 12.4. The van der Waals surface area contributed by atoms with E-state index < -0.39 is 0 Å². The molecule has 1 amide bonds. The summed E-state index contributed by atoms with van der Waals surface area (Å²) in [5.41, 5.74) is 1.20. The van der Waals surface area contributed by atoms with E-state index in [-0.39, 0.29) is 11.9 Å². The lowest BCUT2D eigenvalue weighted by Gasteiger charge is -2.23. The van der Waals surface area contributed by atoms with Gasteiger partial charge in [-0.15, -0.1) is 0 Å². The van der Waals surface area contributed by atoms with E-state index >= 15 is 0 Å². The first-order valence-electron chi connectivity index (χ1n) is 8.54. The van der Waals surface area contributed by atoms with E-state index in [4.69, 9.17) is 0 Å². The number of hydrogen-bond acceptors (Lipinski definition) is 5. The van der Waals surface area contributed by atoms with Crippen LogP contribution < -0.4 is 10.2 Å². The van der Waals surface area contributed by atoms with E-state index in [1.54, 1.807) is 0 Å². The third-order valence-electron chi connectivity index (χ3n) is 4.15. The molecule has 1 fully saturated rings. The van der Waals surface area contributed by atoms with Crippen LogP contribution in [0.2, 0.25) is 0 Å². The molecule has 1 aromatic carbocycles. The lowest BCUT2D eigenvalue weighted by molar-refractivity contribution is -0.122. The van der Waals surface area contributed by atoms with E-state index in [1.807, 2.05) is 18.2 Å². The van der Waals surface area contributed by atoms with Crippen LogP contribution in [-0.4, -0.2) is 34.4 Å². The van der Waals surface area contributed by atoms with Gasteiger partial charge in [0, 0.05) is 31.0 Å². The Morgan fingerprint density at radius 1 is 1.38 bits per heavy atom. The van der Waals surface area contributed by atoms with Gasteiger partial charge in [-0.3, -0.25) is 4.79 Å². The summed E-state index contributed by atoms with van der Waals surface area (Å²) < 4.78 is 4.48. The van der Waals surface area contributed by atoms with Crippen molar-refractivity contribution in [2.24, 2.45) is 5.92 Å². The number of nitrogens with one attached hydrogen (secondary N) is 1. The van der Waals surface area contributed by atoms with Crippen molar-refractivity contribution < 1.29 is 4.79 Å². The van der Waals surface area contributed by atoms with E-state index in [9.17, 15) is 4.79 Å². The lowest BCUT2D eigenvalue weighted by atomic mass is 10.1. The highest BCUT2D eigenvalue weighted by atomic mass is 32.1. The summed E-state index contributed by atoms with van der Waals surface area (Å²) >= 11 is 1.40. The number of carbonyl (C=O) groups is 1. The summed E-state index contributed by atoms with van der Waals surface area (Å²) in [5.74, 6) is 1.40. The first-order chi connectivity index (χ1) is 11.6. The van der Waals surface area contributed by atoms with Gasteiger partial charge in [0.25, 0.3) is 0 Å². The second-order valence-electron chi connectivity index (χ2n) is 6.65. The van der Waals surface area contributed by atoms with Crippen LogP contribution in [0.15, 0.2) is 30.3 Å². The molecule has 3 rings (SSSR count). The molecule has 1 atom stereocenters. The molecule has 1 aromatic heterocycles. The Morgan fingerprint density at radius 2 is 2.17 bits per heavy atom. The van der Waals surface area contributed by atoms with Crippen molar-refractivity contribution in [3.05, 3.63) is 41.7 Å². The Morgan fingerprint density at radius 3 is 2.92 bits per heavy atom. The lowest BCUT2D eigenvalue weighted by Crippen LogP contribution is -2.44. The zero-order chi connectivity index (χ0) is 16.9. The maximum absolute atomic E-state index is 12.4. The molecule has 24 heavy (non-hydrogen) atoms. The molecule has 1 aliphatic rings. The maximum Gasteiger partial charge on any atom is 0.242 e. The van der Waals surface area contributed by atoms with Gasteiger partial charge in [0.05, 0.1) is 0 Å². The molecular weight excluding hydrogens is 320 g/mol.